The highest BCUT2D eigenvalue weighted by atomic mass is 19.4. The molecular formula is C22H17F3O. The molecule has 1 atom stereocenters. The van der Waals surface area contributed by atoms with Crippen molar-refractivity contribution in [2.75, 3.05) is 0 Å². The smallest absolute Gasteiger partial charge is 0.361 e. The largest absolute Gasteiger partial charge is 0.417 e. The van der Waals surface area contributed by atoms with Gasteiger partial charge < -0.3 is 4.74 Å². The molecule has 0 fully saturated rings. The first kappa shape index (κ1) is 16.9. The van der Waals surface area contributed by atoms with Crippen LogP contribution in [-0.4, -0.2) is 0 Å². The second kappa shape index (κ2) is 5.99. The number of fused-ring (bicyclic) bond motifs is 1. The lowest BCUT2D eigenvalue weighted by Crippen LogP contribution is -2.26. The fraction of sp³-hybridized carbons (Fsp3) is 0.182. The number of halogens is 3. The first-order valence-corrected chi connectivity index (χ1v) is 8.40. The Hall–Kier alpha value is -2.59. The molecule has 1 nitrogen and oxygen atoms in total. The van der Waals surface area contributed by atoms with Gasteiger partial charge in [0.2, 0.25) is 0 Å². The molecule has 0 bridgehead atoms. The number of hydrogen-bond acceptors (Lipinski definition) is 1. The second-order valence-electron chi connectivity index (χ2n) is 6.57. The highest BCUT2D eigenvalue weighted by molar-refractivity contribution is 5.72. The molecule has 3 aromatic rings. The van der Waals surface area contributed by atoms with Crippen molar-refractivity contribution in [1.82, 2.24) is 0 Å². The lowest BCUT2D eigenvalue weighted by Gasteiger charge is -2.29. The molecule has 1 unspecified atom stereocenters. The fourth-order valence-electron chi connectivity index (χ4n) is 3.74. The molecule has 1 aliphatic rings. The van der Waals surface area contributed by atoms with Gasteiger partial charge in [-0.2, -0.15) is 13.2 Å². The quantitative estimate of drug-likeness (QED) is 0.535. The summed E-state index contributed by atoms with van der Waals surface area (Å²) in [5.74, 6) is 0. The molecule has 3 aromatic carbocycles. The molecule has 0 N–H and O–H groups in total. The van der Waals surface area contributed by atoms with Crippen LogP contribution in [0.15, 0.2) is 72.8 Å². The minimum Gasteiger partial charge on any atom is -0.361 e. The van der Waals surface area contributed by atoms with E-state index >= 15 is 0 Å². The Morgan fingerprint density at radius 2 is 1.46 bits per heavy atom. The summed E-state index contributed by atoms with van der Waals surface area (Å²) in [7, 11) is 0. The zero-order valence-electron chi connectivity index (χ0n) is 14.2. The molecule has 0 aromatic heterocycles. The monoisotopic (exact) mass is 354 g/mol. The maximum absolute atomic E-state index is 14.2. The zero-order chi connectivity index (χ0) is 18.4. The van der Waals surface area contributed by atoms with Gasteiger partial charge in [-0.1, -0.05) is 72.8 Å². The van der Waals surface area contributed by atoms with Crippen molar-refractivity contribution >= 4 is 0 Å². The summed E-state index contributed by atoms with van der Waals surface area (Å²) in [5.41, 5.74) is 0.515. The third-order valence-corrected chi connectivity index (χ3v) is 4.98. The summed E-state index contributed by atoms with van der Waals surface area (Å²) in [6.07, 6.45) is -4.49. The van der Waals surface area contributed by atoms with E-state index in [0.717, 1.165) is 5.56 Å². The molecule has 0 radical (unpaired) electrons. The van der Waals surface area contributed by atoms with E-state index in [0.29, 0.717) is 11.1 Å². The van der Waals surface area contributed by atoms with Gasteiger partial charge in [0.25, 0.3) is 0 Å². The van der Waals surface area contributed by atoms with E-state index in [1.54, 1.807) is 49.4 Å². The van der Waals surface area contributed by atoms with Gasteiger partial charge in [0.1, 0.15) is 5.60 Å². The Morgan fingerprint density at radius 3 is 2.08 bits per heavy atom. The van der Waals surface area contributed by atoms with Crippen LogP contribution in [0.1, 0.15) is 29.2 Å². The summed E-state index contributed by atoms with van der Waals surface area (Å²) in [5, 5.41) is 0. The first-order chi connectivity index (χ1) is 12.4. The van der Waals surface area contributed by atoms with Crippen LogP contribution in [0.5, 0.6) is 0 Å². The van der Waals surface area contributed by atoms with Gasteiger partial charge in [0.05, 0.1) is 12.2 Å². The van der Waals surface area contributed by atoms with E-state index in [1.165, 1.54) is 0 Å². The van der Waals surface area contributed by atoms with E-state index in [4.69, 9.17) is 4.74 Å². The Kier molecular flexibility index (Phi) is 3.88. The van der Waals surface area contributed by atoms with E-state index in [-0.39, 0.29) is 17.7 Å². The number of benzene rings is 3. The van der Waals surface area contributed by atoms with E-state index in [1.807, 2.05) is 30.3 Å². The molecule has 26 heavy (non-hydrogen) atoms. The minimum absolute atomic E-state index is 0.166. The summed E-state index contributed by atoms with van der Waals surface area (Å²) in [6.45, 7) is 1.89. The van der Waals surface area contributed by atoms with Gasteiger partial charge in [-0.05, 0) is 29.2 Å². The molecule has 0 saturated carbocycles. The summed E-state index contributed by atoms with van der Waals surface area (Å²) in [6, 6.07) is 21.1. The summed E-state index contributed by atoms with van der Waals surface area (Å²) >= 11 is 0. The van der Waals surface area contributed by atoms with Crippen molar-refractivity contribution < 1.29 is 17.9 Å². The summed E-state index contributed by atoms with van der Waals surface area (Å²) < 4.78 is 48.5. The second-order valence-corrected chi connectivity index (χ2v) is 6.57. The lowest BCUT2D eigenvalue weighted by molar-refractivity contribution is -0.139. The molecule has 132 valence electrons. The molecule has 0 saturated heterocycles. The van der Waals surface area contributed by atoms with Gasteiger partial charge in [-0.3, -0.25) is 0 Å². The van der Waals surface area contributed by atoms with Gasteiger partial charge in [0.15, 0.2) is 0 Å². The normalized spacial score (nSPS) is 19.4. The van der Waals surface area contributed by atoms with Crippen molar-refractivity contribution in [3.8, 4) is 11.1 Å². The average molecular weight is 354 g/mol. The molecule has 1 heterocycles. The van der Waals surface area contributed by atoms with Crippen LogP contribution < -0.4 is 0 Å². The predicted molar refractivity (Wildman–Crippen MR) is 94.6 cm³/mol. The van der Waals surface area contributed by atoms with Crippen molar-refractivity contribution in [3.05, 3.63) is 95.1 Å². The lowest BCUT2D eigenvalue weighted by atomic mass is 9.81. The van der Waals surface area contributed by atoms with Crippen LogP contribution in [0.2, 0.25) is 0 Å². The number of alkyl halides is 3. The first-order valence-electron chi connectivity index (χ1n) is 8.40. The van der Waals surface area contributed by atoms with Gasteiger partial charge >= 0.3 is 6.18 Å². The van der Waals surface area contributed by atoms with Gasteiger partial charge in [0, 0.05) is 5.56 Å². The molecule has 4 heteroatoms. The molecule has 0 aliphatic carbocycles. The van der Waals surface area contributed by atoms with Crippen LogP contribution in [-0.2, 0) is 23.1 Å². The topological polar surface area (TPSA) is 9.23 Å². The van der Waals surface area contributed by atoms with Gasteiger partial charge in [-0.15, -0.1) is 0 Å². The van der Waals surface area contributed by atoms with Crippen LogP contribution >= 0.6 is 0 Å². The summed E-state index contributed by atoms with van der Waals surface area (Å²) in [4.78, 5) is 0. The molecule has 0 spiro atoms. The van der Waals surface area contributed by atoms with E-state index < -0.39 is 17.3 Å². The Bertz CT molecular complexity index is 933. The minimum atomic E-state index is -4.49. The van der Waals surface area contributed by atoms with E-state index in [9.17, 15) is 13.2 Å². The SMILES string of the molecule is CC1(c2ccccc2)OCc2ccc(-c3ccccc3)c(C(F)(F)F)c21. The van der Waals surface area contributed by atoms with Crippen LogP contribution in [0.4, 0.5) is 13.2 Å². The van der Waals surface area contributed by atoms with Crippen molar-refractivity contribution in [3.63, 3.8) is 0 Å². The Labute approximate surface area is 150 Å². The highest BCUT2D eigenvalue weighted by Gasteiger charge is 2.47. The standard InChI is InChI=1S/C22H17F3O/c1-21(17-10-6-3-7-11-17)19-16(14-26-21)12-13-18(20(19)22(23,24)25)15-8-4-2-5-9-15/h2-13H,14H2,1H3. The zero-order valence-corrected chi connectivity index (χ0v) is 14.2. The third kappa shape index (κ3) is 2.61. The number of hydrogen-bond donors (Lipinski definition) is 0. The van der Waals surface area contributed by atoms with E-state index in [2.05, 4.69) is 0 Å². The third-order valence-electron chi connectivity index (χ3n) is 4.98. The van der Waals surface area contributed by atoms with Crippen molar-refractivity contribution in [2.24, 2.45) is 0 Å². The van der Waals surface area contributed by atoms with Crippen molar-refractivity contribution in [2.45, 2.75) is 25.3 Å². The molecule has 0 amide bonds. The maximum Gasteiger partial charge on any atom is 0.417 e. The molecule has 1 aliphatic heterocycles. The number of ether oxygens (including phenoxy) is 1. The van der Waals surface area contributed by atoms with Gasteiger partial charge in [-0.25, -0.2) is 0 Å². The molecule has 4 rings (SSSR count). The Morgan fingerprint density at radius 1 is 0.846 bits per heavy atom. The number of rotatable bonds is 2. The van der Waals surface area contributed by atoms with Crippen LogP contribution in [0.3, 0.4) is 0 Å². The van der Waals surface area contributed by atoms with Crippen LogP contribution in [0.25, 0.3) is 11.1 Å². The van der Waals surface area contributed by atoms with Crippen molar-refractivity contribution in [1.29, 1.82) is 0 Å². The maximum atomic E-state index is 14.2. The fourth-order valence-corrected chi connectivity index (χ4v) is 3.74. The van der Waals surface area contributed by atoms with Crippen LogP contribution in [0, 0.1) is 0 Å². The predicted octanol–water partition coefficient (Wildman–Crippen LogP) is 6.17. The average Bonchev–Trinajstić information content (AvgIpc) is 3.00. The molecular weight excluding hydrogens is 337 g/mol. The highest BCUT2D eigenvalue weighted by Crippen LogP contribution is 2.50. The Balaban J connectivity index is 2.03.